The first kappa shape index (κ1) is 11.4. The lowest BCUT2D eigenvalue weighted by molar-refractivity contribution is 0.0489. The van der Waals surface area contributed by atoms with Crippen LogP contribution in [-0.2, 0) is 4.74 Å². The van der Waals surface area contributed by atoms with Gasteiger partial charge < -0.3 is 9.15 Å². The normalized spacial score (nSPS) is 10.5. The van der Waals surface area contributed by atoms with E-state index in [1.54, 1.807) is 38.1 Å². The van der Waals surface area contributed by atoms with Crippen LogP contribution in [0.5, 0.6) is 0 Å². The van der Waals surface area contributed by atoms with Crippen LogP contribution in [0.25, 0.3) is 11.0 Å². The molecule has 2 rings (SSSR count). The second-order valence-electron chi connectivity index (χ2n) is 3.60. The van der Waals surface area contributed by atoms with Gasteiger partial charge in [-0.3, -0.25) is 4.79 Å². The molecule has 17 heavy (non-hydrogen) atoms. The number of hydrogen-bond acceptors (Lipinski definition) is 4. The maximum Gasteiger partial charge on any atom is 0.374 e. The van der Waals surface area contributed by atoms with Gasteiger partial charge in [0.25, 0.3) is 0 Å². The molecule has 4 heteroatoms. The molecule has 0 saturated carbocycles. The summed E-state index contributed by atoms with van der Waals surface area (Å²) >= 11 is 0. The molecule has 0 bridgehead atoms. The minimum Gasteiger partial charge on any atom is -0.460 e. The van der Waals surface area contributed by atoms with Crippen molar-refractivity contribution >= 4 is 16.9 Å². The van der Waals surface area contributed by atoms with Crippen molar-refractivity contribution in [3.8, 4) is 0 Å². The van der Waals surface area contributed by atoms with Gasteiger partial charge in [0.15, 0.2) is 5.43 Å². The van der Waals surface area contributed by atoms with Crippen LogP contribution in [0, 0.1) is 6.92 Å². The highest BCUT2D eigenvalue weighted by Crippen LogP contribution is 2.15. The number of ether oxygens (including phenoxy) is 1. The van der Waals surface area contributed by atoms with Crippen molar-refractivity contribution in [2.45, 2.75) is 13.8 Å². The number of fused-ring (bicyclic) bond motifs is 1. The van der Waals surface area contributed by atoms with E-state index in [0.717, 1.165) is 0 Å². The maximum atomic E-state index is 12.0. The Morgan fingerprint density at radius 2 is 2.06 bits per heavy atom. The van der Waals surface area contributed by atoms with Crippen molar-refractivity contribution < 1.29 is 13.9 Å². The SMILES string of the molecule is CCOC(=O)c1oc2ccccc2c(=O)c1C. The topological polar surface area (TPSA) is 56.5 Å². The van der Waals surface area contributed by atoms with Crippen LogP contribution in [0.3, 0.4) is 0 Å². The zero-order chi connectivity index (χ0) is 12.4. The summed E-state index contributed by atoms with van der Waals surface area (Å²) in [6.45, 7) is 3.51. The van der Waals surface area contributed by atoms with Crippen molar-refractivity contribution in [3.63, 3.8) is 0 Å². The molecule has 0 aliphatic rings. The molecule has 0 saturated heterocycles. The van der Waals surface area contributed by atoms with Gasteiger partial charge in [-0.25, -0.2) is 4.79 Å². The van der Waals surface area contributed by atoms with Gasteiger partial charge in [-0.2, -0.15) is 0 Å². The summed E-state index contributed by atoms with van der Waals surface area (Å²) in [5.41, 5.74) is 0.475. The monoisotopic (exact) mass is 232 g/mol. The first-order valence-electron chi connectivity index (χ1n) is 5.34. The van der Waals surface area contributed by atoms with Crippen LogP contribution in [0.1, 0.15) is 23.0 Å². The van der Waals surface area contributed by atoms with Crippen LogP contribution in [0.2, 0.25) is 0 Å². The fourth-order valence-electron chi connectivity index (χ4n) is 1.63. The molecule has 0 unspecified atom stereocenters. The number of benzene rings is 1. The van der Waals surface area contributed by atoms with Gasteiger partial charge in [-0.1, -0.05) is 12.1 Å². The predicted octanol–water partition coefficient (Wildman–Crippen LogP) is 2.28. The smallest absolute Gasteiger partial charge is 0.374 e. The summed E-state index contributed by atoms with van der Waals surface area (Å²) in [7, 11) is 0. The Morgan fingerprint density at radius 1 is 1.35 bits per heavy atom. The number of esters is 1. The second kappa shape index (κ2) is 4.41. The molecule has 1 aromatic carbocycles. The van der Waals surface area contributed by atoms with Crippen LogP contribution in [0.15, 0.2) is 33.5 Å². The summed E-state index contributed by atoms with van der Waals surface area (Å²) in [5, 5.41) is 0.470. The zero-order valence-electron chi connectivity index (χ0n) is 9.65. The highest BCUT2D eigenvalue weighted by Gasteiger charge is 2.17. The maximum absolute atomic E-state index is 12.0. The average molecular weight is 232 g/mol. The van der Waals surface area contributed by atoms with E-state index in [1.807, 2.05) is 0 Å². The highest BCUT2D eigenvalue weighted by molar-refractivity contribution is 5.90. The third-order valence-corrected chi connectivity index (χ3v) is 2.49. The quantitative estimate of drug-likeness (QED) is 0.745. The van der Waals surface area contributed by atoms with Crippen molar-refractivity contribution in [1.82, 2.24) is 0 Å². The molecule has 1 heterocycles. The largest absolute Gasteiger partial charge is 0.460 e. The van der Waals surface area contributed by atoms with E-state index in [-0.39, 0.29) is 23.4 Å². The van der Waals surface area contributed by atoms with Crippen LogP contribution in [-0.4, -0.2) is 12.6 Å². The van der Waals surface area contributed by atoms with Crippen molar-refractivity contribution in [1.29, 1.82) is 0 Å². The molecule has 2 aromatic rings. The minimum absolute atomic E-state index is 0.0180. The van der Waals surface area contributed by atoms with Gasteiger partial charge in [0, 0.05) is 5.56 Å². The average Bonchev–Trinajstić information content (AvgIpc) is 2.34. The lowest BCUT2D eigenvalue weighted by Crippen LogP contribution is -2.14. The lowest BCUT2D eigenvalue weighted by Gasteiger charge is -2.05. The summed E-state index contributed by atoms with van der Waals surface area (Å²) in [4.78, 5) is 23.6. The zero-order valence-corrected chi connectivity index (χ0v) is 9.65. The molecule has 88 valence electrons. The summed E-state index contributed by atoms with van der Waals surface area (Å²) in [5.74, 6) is -0.622. The number of para-hydroxylation sites is 1. The third-order valence-electron chi connectivity index (χ3n) is 2.49. The Labute approximate surface area is 97.8 Å². The van der Waals surface area contributed by atoms with E-state index in [2.05, 4.69) is 0 Å². The Bertz CT molecular complexity index is 625. The van der Waals surface area contributed by atoms with Crippen molar-refractivity contribution in [2.24, 2.45) is 0 Å². The molecule has 0 N–H and O–H groups in total. The standard InChI is InChI=1S/C13H12O4/c1-3-16-13(15)12-8(2)11(14)9-6-4-5-7-10(9)17-12/h4-7H,3H2,1-2H3. The number of rotatable bonds is 2. The fourth-order valence-corrected chi connectivity index (χ4v) is 1.63. The van der Waals surface area contributed by atoms with Gasteiger partial charge in [-0.05, 0) is 26.0 Å². The highest BCUT2D eigenvalue weighted by atomic mass is 16.5. The Morgan fingerprint density at radius 3 is 2.76 bits per heavy atom. The van der Waals surface area contributed by atoms with E-state index in [1.165, 1.54) is 0 Å². The van der Waals surface area contributed by atoms with Crippen molar-refractivity contribution in [2.75, 3.05) is 6.61 Å². The molecule has 0 radical (unpaired) electrons. The van der Waals surface area contributed by atoms with E-state index < -0.39 is 5.97 Å². The minimum atomic E-state index is -0.604. The third kappa shape index (κ3) is 1.93. The molecular weight excluding hydrogens is 220 g/mol. The molecule has 0 fully saturated rings. The van der Waals surface area contributed by atoms with E-state index in [4.69, 9.17) is 9.15 Å². The molecule has 0 aliphatic heterocycles. The number of carbonyl (C=O) groups excluding carboxylic acids is 1. The van der Waals surface area contributed by atoms with Crippen LogP contribution < -0.4 is 5.43 Å². The molecule has 4 nitrogen and oxygen atoms in total. The van der Waals surface area contributed by atoms with Gasteiger partial charge in [0.2, 0.25) is 5.76 Å². The lowest BCUT2D eigenvalue weighted by atomic mass is 10.1. The van der Waals surface area contributed by atoms with E-state index >= 15 is 0 Å². The van der Waals surface area contributed by atoms with Crippen LogP contribution in [0.4, 0.5) is 0 Å². The predicted molar refractivity (Wildman–Crippen MR) is 63.2 cm³/mol. The number of hydrogen-bond donors (Lipinski definition) is 0. The first-order chi connectivity index (χ1) is 8.15. The number of carbonyl (C=O) groups is 1. The molecule has 0 atom stereocenters. The molecule has 0 aliphatic carbocycles. The van der Waals surface area contributed by atoms with Gasteiger partial charge in [-0.15, -0.1) is 0 Å². The Kier molecular flexibility index (Phi) is 2.95. The molecule has 1 aromatic heterocycles. The molecule has 0 amide bonds. The van der Waals surface area contributed by atoms with Gasteiger partial charge in [0.05, 0.1) is 12.0 Å². The second-order valence-corrected chi connectivity index (χ2v) is 3.60. The van der Waals surface area contributed by atoms with E-state index in [9.17, 15) is 9.59 Å². The Hall–Kier alpha value is -2.10. The Balaban J connectivity index is 2.70. The van der Waals surface area contributed by atoms with Crippen LogP contribution >= 0.6 is 0 Å². The summed E-state index contributed by atoms with van der Waals surface area (Å²) in [6.07, 6.45) is 0. The van der Waals surface area contributed by atoms with E-state index in [0.29, 0.717) is 11.0 Å². The van der Waals surface area contributed by atoms with Gasteiger partial charge >= 0.3 is 5.97 Å². The summed E-state index contributed by atoms with van der Waals surface area (Å²) < 4.78 is 10.3. The molecule has 0 spiro atoms. The van der Waals surface area contributed by atoms with Gasteiger partial charge in [0.1, 0.15) is 5.58 Å². The van der Waals surface area contributed by atoms with Crippen molar-refractivity contribution in [3.05, 3.63) is 45.8 Å². The first-order valence-corrected chi connectivity index (χ1v) is 5.34. The fraction of sp³-hybridized carbons (Fsp3) is 0.231. The molecular formula is C13H12O4. The summed E-state index contributed by atoms with van der Waals surface area (Å²) in [6, 6.07) is 6.82.